The number of amides is 1. The van der Waals surface area contributed by atoms with Crippen LogP contribution in [0, 0.1) is 12.8 Å². The van der Waals surface area contributed by atoms with Crippen molar-refractivity contribution < 1.29 is 10.1 Å². The molecular weight excluding hydrogens is 300 g/mol. The van der Waals surface area contributed by atoms with E-state index in [4.69, 9.17) is 11.6 Å². The number of carbonyl (C=O) groups excluding carboxylic acids is 1. The fourth-order valence-corrected chi connectivity index (χ4v) is 3.21. The molecule has 1 fully saturated rings. The monoisotopic (exact) mass is 327 g/mol. The van der Waals surface area contributed by atoms with Crippen molar-refractivity contribution in [3.8, 4) is 0 Å². The number of aryl methyl sites for hydroxylation is 1. The molecule has 0 radical (unpaired) electrons. The minimum Gasteiger partial charge on any atom is -0.343 e. The molecule has 22 heavy (non-hydrogen) atoms. The van der Waals surface area contributed by atoms with Crippen molar-refractivity contribution in [2.24, 2.45) is 5.92 Å². The zero-order chi connectivity index (χ0) is 16.1. The standard InChI is InChI=1S/C16H27ClN4O/c1-12(2)11-21-16(17)14(13(3)19-21)10-18-7-6-15(22)20-8-4-5-9-20/h12,18H,4-11H2,1-3H3/p+1. The number of hydrogen-bond donors (Lipinski definition) is 1. The van der Waals surface area contributed by atoms with Gasteiger partial charge in [0.1, 0.15) is 11.7 Å². The highest BCUT2D eigenvalue weighted by molar-refractivity contribution is 6.30. The third-order valence-corrected chi connectivity index (χ3v) is 4.51. The minimum atomic E-state index is 0.284. The van der Waals surface area contributed by atoms with Gasteiger partial charge in [-0.1, -0.05) is 25.4 Å². The number of rotatable bonds is 7. The number of hydrogen-bond acceptors (Lipinski definition) is 2. The lowest BCUT2D eigenvalue weighted by molar-refractivity contribution is -0.669. The first kappa shape index (κ1) is 17.3. The highest BCUT2D eigenvalue weighted by Crippen LogP contribution is 2.19. The van der Waals surface area contributed by atoms with E-state index in [9.17, 15) is 4.79 Å². The predicted octanol–water partition coefficient (Wildman–Crippen LogP) is 1.58. The molecule has 0 bridgehead atoms. The summed E-state index contributed by atoms with van der Waals surface area (Å²) in [7, 11) is 0. The Morgan fingerprint density at radius 3 is 2.68 bits per heavy atom. The van der Waals surface area contributed by atoms with Gasteiger partial charge in [-0.05, 0) is 25.7 Å². The molecule has 1 saturated heterocycles. The van der Waals surface area contributed by atoms with E-state index in [2.05, 4.69) is 24.3 Å². The lowest BCUT2D eigenvalue weighted by Crippen LogP contribution is -2.83. The zero-order valence-corrected chi connectivity index (χ0v) is 14.7. The molecule has 0 spiro atoms. The van der Waals surface area contributed by atoms with Gasteiger partial charge in [-0.25, -0.2) is 0 Å². The van der Waals surface area contributed by atoms with Gasteiger partial charge in [0.15, 0.2) is 0 Å². The van der Waals surface area contributed by atoms with Crippen LogP contribution in [0.3, 0.4) is 0 Å². The highest BCUT2D eigenvalue weighted by atomic mass is 35.5. The first-order valence-electron chi connectivity index (χ1n) is 8.30. The van der Waals surface area contributed by atoms with Crippen molar-refractivity contribution in [3.05, 3.63) is 16.4 Å². The normalized spacial score (nSPS) is 15.0. The topological polar surface area (TPSA) is 54.7 Å². The Kier molecular flexibility index (Phi) is 6.26. The van der Waals surface area contributed by atoms with Gasteiger partial charge >= 0.3 is 0 Å². The summed E-state index contributed by atoms with van der Waals surface area (Å²) in [5.41, 5.74) is 2.09. The van der Waals surface area contributed by atoms with Crippen molar-refractivity contribution in [3.63, 3.8) is 0 Å². The van der Waals surface area contributed by atoms with Crippen LogP contribution in [0.25, 0.3) is 0 Å². The summed E-state index contributed by atoms with van der Waals surface area (Å²) >= 11 is 6.42. The van der Waals surface area contributed by atoms with Crippen LogP contribution >= 0.6 is 11.6 Å². The van der Waals surface area contributed by atoms with Crippen molar-refractivity contribution in [2.75, 3.05) is 19.6 Å². The van der Waals surface area contributed by atoms with Gasteiger partial charge < -0.3 is 10.2 Å². The SMILES string of the molecule is Cc1nn(CC(C)C)c(Cl)c1C[NH2+]CCC(=O)N1CCCC1. The Bertz CT molecular complexity index is 506. The molecule has 0 unspecified atom stereocenters. The second kappa shape index (κ2) is 7.97. The third-order valence-electron chi connectivity index (χ3n) is 4.09. The molecule has 124 valence electrons. The second-order valence-corrected chi connectivity index (χ2v) is 6.91. The third kappa shape index (κ3) is 4.46. The fraction of sp³-hybridized carbons (Fsp3) is 0.750. The molecule has 5 nitrogen and oxygen atoms in total. The largest absolute Gasteiger partial charge is 0.343 e. The molecule has 1 aliphatic heterocycles. The molecule has 1 aromatic rings. The maximum Gasteiger partial charge on any atom is 0.228 e. The summed E-state index contributed by atoms with van der Waals surface area (Å²) in [6.45, 7) is 10.6. The molecule has 2 rings (SSSR count). The Morgan fingerprint density at radius 1 is 1.36 bits per heavy atom. The molecule has 0 atom stereocenters. The van der Waals surface area contributed by atoms with Gasteiger partial charge in [-0.2, -0.15) is 5.10 Å². The van der Waals surface area contributed by atoms with E-state index in [1.807, 2.05) is 16.5 Å². The Balaban J connectivity index is 1.79. The quantitative estimate of drug-likeness (QED) is 0.773. The average Bonchev–Trinajstić information content (AvgIpc) is 3.06. The van der Waals surface area contributed by atoms with Crippen LogP contribution in [0.4, 0.5) is 0 Å². The Morgan fingerprint density at radius 2 is 2.05 bits per heavy atom. The second-order valence-electron chi connectivity index (χ2n) is 6.55. The first-order valence-corrected chi connectivity index (χ1v) is 8.68. The number of nitrogens with zero attached hydrogens (tertiary/aromatic N) is 3. The fourth-order valence-electron chi connectivity index (χ4n) is 2.89. The molecule has 0 aliphatic carbocycles. The smallest absolute Gasteiger partial charge is 0.228 e. The molecule has 1 aromatic heterocycles. The van der Waals surface area contributed by atoms with Gasteiger partial charge in [-0.15, -0.1) is 0 Å². The number of quaternary nitrogens is 1. The van der Waals surface area contributed by atoms with Crippen molar-refractivity contribution in [2.45, 2.75) is 53.1 Å². The average molecular weight is 328 g/mol. The number of halogens is 1. The minimum absolute atomic E-state index is 0.284. The molecular formula is C16H28ClN4O+. The van der Waals surface area contributed by atoms with E-state index in [1.54, 1.807) is 0 Å². The summed E-state index contributed by atoms with van der Waals surface area (Å²) in [6.07, 6.45) is 2.91. The lowest BCUT2D eigenvalue weighted by Gasteiger charge is -2.14. The highest BCUT2D eigenvalue weighted by Gasteiger charge is 2.19. The van der Waals surface area contributed by atoms with Crippen LogP contribution in [0.15, 0.2) is 0 Å². The predicted molar refractivity (Wildman–Crippen MR) is 87.7 cm³/mol. The number of aromatic nitrogens is 2. The maximum absolute atomic E-state index is 12.0. The molecule has 1 amide bonds. The van der Waals surface area contributed by atoms with Crippen LogP contribution in [-0.4, -0.2) is 40.2 Å². The van der Waals surface area contributed by atoms with Gasteiger partial charge in [-0.3, -0.25) is 9.48 Å². The van der Waals surface area contributed by atoms with Crippen LogP contribution < -0.4 is 5.32 Å². The molecule has 0 aromatic carbocycles. The van der Waals surface area contributed by atoms with E-state index in [0.717, 1.165) is 62.0 Å². The number of nitrogens with two attached hydrogens (primary N) is 1. The van der Waals surface area contributed by atoms with Crippen LogP contribution in [0.1, 0.15) is 44.4 Å². The number of carbonyl (C=O) groups is 1. The summed E-state index contributed by atoms with van der Waals surface area (Å²) in [5, 5.41) is 7.42. The van der Waals surface area contributed by atoms with E-state index >= 15 is 0 Å². The van der Waals surface area contributed by atoms with Gasteiger partial charge in [0.05, 0.1) is 24.2 Å². The summed E-state index contributed by atoms with van der Waals surface area (Å²) < 4.78 is 1.89. The van der Waals surface area contributed by atoms with Crippen molar-refractivity contribution in [1.82, 2.24) is 14.7 Å². The van der Waals surface area contributed by atoms with E-state index in [1.165, 1.54) is 0 Å². The molecule has 1 aliphatic rings. The van der Waals surface area contributed by atoms with Crippen molar-refractivity contribution in [1.29, 1.82) is 0 Å². The Labute approximate surface area is 138 Å². The summed E-state index contributed by atoms with van der Waals surface area (Å²) in [6, 6.07) is 0. The van der Waals surface area contributed by atoms with Gasteiger partial charge in [0.2, 0.25) is 5.91 Å². The lowest BCUT2D eigenvalue weighted by atomic mass is 10.2. The van der Waals surface area contributed by atoms with E-state index in [-0.39, 0.29) is 5.91 Å². The molecule has 6 heteroatoms. The van der Waals surface area contributed by atoms with Gasteiger partial charge in [0, 0.05) is 19.6 Å². The number of likely N-dealkylation sites (tertiary alicyclic amines) is 1. The van der Waals surface area contributed by atoms with Crippen LogP contribution in [-0.2, 0) is 17.9 Å². The Hall–Kier alpha value is -1.07. The molecule has 0 saturated carbocycles. The molecule has 2 N–H and O–H groups in total. The first-order chi connectivity index (χ1) is 10.5. The van der Waals surface area contributed by atoms with Crippen LogP contribution in [0.5, 0.6) is 0 Å². The van der Waals surface area contributed by atoms with Crippen molar-refractivity contribution >= 4 is 17.5 Å². The van der Waals surface area contributed by atoms with E-state index < -0.39 is 0 Å². The van der Waals surface area contributed by atoms with E-state index in [0.29, 0.717) is 12.3 Å². The van der Waals surface area contributed by atoms with Gasteiger partial charge in [0.25, 0.3) is 0 Å². The maximum atomic E-state index is 12.0. The van der Waals surface area contributed by atoms with Crippen LogP contribution in [0.2, 0.25) is 5.15 Å². The summed E-state index contributed by atoms with van der Waals surface area (Å²) in [4.78, 5) is 14.0. The molecule has 2 heterocycles. The zero-order valence-electron chi connectivity index (χ0n) is 13.9. The summed E-state index contributed by atoms with van der Waals surface area (Å²) in [5.74, 6) is 0.804.